The Labute approximate surface area is 204 Å². The number of fused-ring (bicyclic) bond motifs is 1. The number of rotatable bonds is 7. The number of benzene rings is 1. The molecule has 7 heteroatoms. The molecule has 0 radical (unpaired) electrons. The van der Waals surface area contributed by atoms with E-state index in [-0.39, 0.29) is 5.82 Å². The van der Waals surface area contributed by atoms with Crippen molar-refractivity contribution in [2.45, 2.75) is 26.2 Å². The van der Waals surface area contributed by atoms with E-state index in [1.165, 1.54) is 6.07 Å². The monoisotopic (exact) mass is 468 g/mol. The van der Waals surface area contributed by atoms with Crippen LogP contribution < -0.4 is 11.1 Å². The normalized spacial score (nSPS) is 12.7. The van der Waals surface area contributed by atoms with Gasteiger partial charge < -0.3 is 16.0 Å². The highest BCUT2D eigenvalue weighted by Crippen LogP contribution is 2.38. The van der Waals surface area contributed by atoms with Crippen LogP contribution in [-0.2, 0) is 5.41 Å². The zero-order valence-electron chi connectivity index (χ0n) is 20.4. The van der Waals surface area contributed by atoms with Crippen LogP contribution in [0.5, 0.6) is 0 Å². The van der Waals surface area contributed by atoms with Gasteiger partial charge in [-0.25, -0.2) is 9.37 Å². The summed E-state index contributed by atoms with van der Waals surface area (Å²) in [6, 6.07) is 8.69. The highest BCUT2D eigenvalue weighted by molar-refractivity contribution is 5.91. The van der Waals surface area contributed by atoms with Crippen molar-refractivity contribution in [2.75, 3.05) is 12.4 Å². The molecule has 0 aliphatic heterocycles. The Hall–Kier alpha value is -4.26. The maximum Gasteiger partial charge on any atom is 0.131 e. The fourth-order valence-corrected chi connectivity index (χ4v) is 4.11. The van der Waals surface area contributed by atoms with Crippen molar-refractivity contribution >= 4 is 22.3 Å². The van der Waals surface area contributed by atoms with Crippen LogP contribution in [0.2, 0.25) is 0 Å². The number of halogens is 1. The lowest BCUT2D eigenvalue weighted by Crippen LogP contribution is -2.23. The molecule has 6 nitrogen and oxygen atoms in total. The second-order valence-electron chi connectivity index (χ2n) is 8.73. The van der Waals surface area contributed by atoms with Gasteiger partial charge in [-0.05, 0) is 56.2 Å². The van der Waals surface area contributed by atoms with Gasteiger partial charge in [0.25, 0.3) is 0 Å². The van der Waals surface area contributed by atoms with Crippen LogP contribution in [-0.4, -0.2) is 27.0 Å². The van der Waals surface area contributed by atoms with Gasteiger partial charge in [0.2, 0.25) is 0 Å². The SMILES string of the molecule is C=C/C(N)=C\C(=C/C)c1cc(C(C)(C)c2nc3c(-c4ccccc4F)cncc3[nH]2)c(NC)cn1. The molecule has 3 aromatic heterocycles. The van der Waals surface area contributed by atoms with Gasteiger partial charge in [0.05, 0.1) is 34.8 Å². The molecule has 0 fully saturated rings. The molecule has 0 amide bonds. The Balaban J connectivity index is 1.87. The number of anilines is 1. The van der Waals surface area contributed by atoms with Crippen LogP contribution in [0.1, 0.15) is 37.9 Å². The Morgan fingerprint density at radius 3 is 2.63 bits per heavy atom. The standard InChI is InChI=1S/C28H29FN6/c1-6-17(12-18(30)7-2)23-13-21(24(31-5)16-33-23)28(3,4)27-34-25-15-32-14-20(26(25)35-27)19-10-8-9-11-22(19)29/h6-16,31H,2,30H2,1,3-5H3,(H,34,35)/b17-6+,18-12+. The predicted octanol–water partition coefficient (Wildman–Crippen LogP) is 5.96. The van der Waals surface area contributed by atoms with E-state index in [1.807, 2.05) is 38.4 Å². The molecule has 0 bridgehead atoms. The van der Waals surface area contributed by atoms with Crippen LogP contribution >= 0.6 is 0 Å². The highest BCUT2D eigenvalue weighted by atomic mass is 19.1. The van der Waals surface area contributed by atoms with E-state index in [0.717, 1.165) is 33.9 Å². The maximum absolute atomic E-state index is 14.6. The number of nitrogens with one attached hydrogen (secondary N) is 2. The van der Waals surface area contributed by atoms with Crippen molar-refractivity contribution in [1.29, 1.82) is 0 Å². The summed E-state index contributed by atoms with van der Waals surface area (Å²) in [4.78, 5) is 17.3. The highest BCUT2D eigenvalue weighted by Gasteiger charge is 2.31. The number of nitrogens with two attached hydrogens (primary N) is 1. The number of nitrogens with zero attached hydrogens (tertiary/aromatic N) is 3. The Kier molecular flexibility index (Phi) is 6.51. The first-order chi connectivity index (χ1) is 16.8. The summed E-state index contributed by atoms with van der Waals surface area (Å²) < 4.78 is 14.6. The summed E-state index contributed by atoms with van der Waals surface area (Å²) in [5.74, 6) is 0.419. The number of aromatic nitrogens is 4. The van der Waals surface area contributed by atoms with E-state index < -0.39 is 5.41 Å². The topological polar surface area (TPSA) is 92.5 Å². The molecule has 35 heavy (non-hydrogen) atoms. The van der Waals surface area contributed by atoms with Crippen LogP contribution in [0.4, 0.5) is 10.1 Å². The van der Waals surface area contributed by atoms with Crippen LogP contribution in [0, 0.1) is 5.82 Å². The summed E-state index contributed by atoms with van der Waals surface area (Å²) >= 11 is 0. The summed E-state index contributed by atoms with van der Waals surface area (Å²) in [6.07, 6.45) is 10.6. The van der Waals surface area contributed by atoms with Crippen LogP contribution in [0.3, 0.4) is 0 Å². The van der Waals surface area contributed by atoms with Gasteiger partial charge in [-0.15, -0.1) is 0 Å². The minimum atomic E-state index is -0.548. The number of hydrogen-bond acceptors (Lipinski definition) is 5. The predicted molar refractivity (Wildman–Crippen MR) is 141 cm³/mol. The number of hydrogen-bond donors (Lipinski definition) is 3. The van der Waals surface area contributed by atoms with Crippen molar-refractivity contribution in [2.24, 2.45) is 5.73 Å². The van der Waals surface area contributed by atoms with E-state index >= 15 is 0 Å². The second-order valence-corrected chi connectivity index (χ2v) is 8.73. The van der Waals surface area contributed by atoms with Gasteiger partial charge in [0.15, 0.2) is 0 Å². The third-order valence-corrected chi connectivity index (χ3v) is 6.16. The Bertz CT molecular complexity index is 1460. The molecule has 0 unspecified atom stereocenters. The summed E-state index contributed by atoms with van der Waals surface area (Å²) in [5, 5.41) is 3.24. The first-order valence-electron chi connectivity index (χ1n) is 11.3. The van der Waals surface area contributed by atoms with E-state index in [1.54, 1.807) is 36.7 Å². The molecule has 4 aromatic rings. The zero-order chi connectivity index (χ0) is 25.2. The zero-order valence-corrected chi connectivity index (χ0v) is 20.4. The van der Waals surface area contributed by atoms with Crippen molar-refractivity contribution in [3.63, 3.8) is 0 Å². The molecule has 0 atom stereocenters. The van der Waals surface area contributed by atoms with Gasteiger partial charge in [-0.3, -0.25) is 9.97 Å². The fraction of sp³-hybridized carbons (Fsp3) is 0.179. The van der Waals surface area contributed by atoms with E-state index in [9.17, 15) is 4.39 Å². The molecule has 3 heterocycles. The molecule has 1 aromatic carbocycles. The molecule has 4 N–H and O–H groups in total. The van der Waals surface area contributed by atoms with E-state index in [0.29, 0.717) is 22.3 Å². The van der Waals surface area contributed by atoms with Crippen molar-refractivity contribution in [3.8, 4) is 11.1 Å². The molecule has 0 aliphatic carbocycles. The largest absolute Gasteiger partial charge is 0.399 e. The van der Waals surface area contributed by atoms with Crippen LogP contribution in [0.15, 0.2) is 79.4 Å². The van der Waals surface area contributed by atoms with E-state index in [4.69, 9.17) is 10.7 Å². The fourth-order valence-electron chi connectivity index (χ4n) is 4.11. The maximum atomic E-state index is 14.6. The van der Waals surface area contributed by atoms with Crippen molar-refractivity contribution in [1.82, 2.24) is 19.9 Å². The number of aromatic amines is 1. The Morgan fingerprint density at radius 1 is 1.17 bits per heavy atom. The van der Waals surface area contributed by atoms with Crippen molar-refractivity contribution in [3.05, 3.63) is 102 Å². The first-order valence-corrected chi connectivity index (χ1v) is 11.3. The summed E-state index contributed by atoms with van der Waals surface area (Å²) in [6.45, 7) is 9.85. The molecule has 0 saturated carbocycles. The third-order valence-electron chi connectivity index (χ3n) is 6.16. The van der Waals surface area contributed by atoms with Crippen molar-refractivity contribution < 1.29 is 4.39 Å². The first kappa shape index (κ1) is 23.9. The summed E-state index contributed by atoms with van der Waals surface area (Å²) in [7, 11) is 1.86. The average Bonchev–Trinajstić information content (AvgIpc) is 3.33. The molecule has 0 saturated heterocycles. The lowest BCUT2D eigenvalue weighted by molar-refractivity contribution is 0.601. The third kappa shape index (κ3) is 4.45. The smallest absolute Gasteiger partial charge is 0.131 e. The minimum Gasteiger partial charge on any atom is -0.399 e. The molecule has 0 aliphatic rings. The molecule has 0 spiro atoms. The Morgan fingerprint density at radius 2 is 1.94 bits per heavy atom. The lowest BCUT2D eigenvalue weighted by Gasteiger charge is -2.26. The molecular formula is C28H29FN6. The molecule has 4 rings (SSSR count). The number of pyridine rings is 2. The average molecular weight is 469 g/mol. The quantitative estimate of drug-likeness (QED) is 0.291. The lowest BCUT2D eigenvalue weighted by atomic mass is 9.82. The van der Waals surface area contributed by atoms with Crippen LogP contribution in [0.25, 0.3) is 27.7 Å². The minimum absolute atomic E-state index is 0.312. The number of H-pyrrole nitrogens is 1. The van der Waals surface area contributed by atoms with Gasteiger partial charge in [0.1, 0.15) is 11.6 Å². The molecule has 178 valence electrons. The summed E-state index contributed by atoms with van der Waals surface area (Å²) in [5.41, 5.74) is 12.1. The van der Waals surface area contributed by atoms with Gasteiger partial charge >= 0.3 is 0 Å². The van der Waals surface area contributed by atoms with Gasteiger partial charge in [-0.2, -0.15) is 0 Å². The van der Waals surface area contributed by atoms with Gasteiger partial charge in [0, 0.05) is 35.5 Å². The second kappa shape index (κ2) is 9.54. The number of imidazole rings is 1. The molecular weight excluding hydrogens is 439 g/mol. The van der Waals surface area contributed by atoms with E-state index in [2.05, 4.69) is 40.7 Å². The number of allylic oxidation sites excluding steroid dienone is 4. The van der Waals surface area contributed by atoms with Gasteiger partial charge in [-0.1, -0.05) is 30.9 Å².